The number of hydrogen-bond acceptors (Lipinski definition) is 4. The molecule has 1 saturated heterocycles. The Hall–Kier alpha value is -2.90. The third-order valence-electron chi connectivity index (χ3n) is 7.42. The molecule has 2 aliphatic heterocycles. The molecule has 2 unspecified atom stereocenters. The monoisotopic (exact) mass is 429 g/mol. The molecule has 2 fully saturated rings. The highest BCUT2D eigenvalue weighted by atomic mass is 19.3. The number of nitrogens with zero attached hydrogens (tertiary/aromatic N) is 3. The second-order valence-corrected chi connectivity index (χ2v) is 9.07. The van der Waals surface area contributed by atoms with Crippen LogP contribution in [0.15, 0.2) is 47.4 Å². The van der Waals surface area contributed by atoms with Crippen LogP contribution in [-0.4, -0.2) is 39.7 Å². The van der Waals surface area contributed by atoms with E-state index in [9.17, 15) is 23.5 Å². The average molecular weight is 429 g/mol. The molecular weight excluding hydrogens is 404 g/mol. The van der Waals surface area contributed by atoms with Gasteiger partial charge in [-0.25, -0.2) is 8.78 Å². The summed E-state index contributed by atoms with van der Waals surface area (Å²) in [5.74, 6) is -3.66. The summed E-state index contributed by atoms with van der Waals surface area (Å²) in [7, 11) is 1.66. The van der Waals surface area contributed by atoms with Crippen molar-refractivity contribution in [3.8, 4) is 5.75 Å². The van der Waals surface area contributed by atoms with Crippen molar-refractivity contribution in [3.05, 3.63) is 64.1 Å². The predicted molar refractivity (Wildman–Crippen MR) is 111 cm³/mol. The Balaban J connectivity index is 1.71. The van der Waals surface area contributed by atoms with E-state index < -0.39 is 28.4 Å². The molecule has 1 spiro atoms. The fourth-order valence-corrected chi connectivity index (χ4v) is 5.77. The van der Waals surface area contributed by atoms with E-state index in [1.165, 1.54) is 12.3 Å². The van der Waals surface area contributed by atoms with E-state index in [4.69, 9.17) is 0 Å². The van der Waals surface area contributed by atoms with E-state index in [-0.39, 0.29) is 30.7 Å². The number of aromatic nitrogens is 1. The topological polar surface area (TPSA) is 65.8 Å². The summed E-state index contributed by atoms with van der Waals surface area (Å²) in [5.41, 5.74) is -0.113. The molecule has 31 heavy (non-hydrogen) atoms. The molecule has 1 saturated carbocycles. The summed E-state index contributed by atoms with van der Waals surface area (Å²) in [6.45, 7) is 0. The molecule has 2 atom stereocenters. The van der Waals surface area contributed by atoms with Crippen LogP contribution in [0.3, 0.4) is 0 Å². The van der Waals surface area contributed by atoms with Crippen molar-refractivity contribution >= 4 is 5.91 Å². The Bertz CT molecular complexity index is 1080. The number of carbonyl (C=O) groups excluding carboxylic acids is 1. The molecule has 1 aliphatic carbocycles. The summed E-state index contributed by atoms with van der Waals surface area (Å²) < 4.78 is 29.8. The molecule has 0 bridgehead atoms. The summed E-state index contributed by atoms with van der Waals surface area (Å²) in [4.78, 5) is 26.7. The summed E-state index contributed by atoms with van der Waals surface area (Å²) in [6, 6.07) is 10.7. The fourth-order valence-electron chi connectivity index (χ4n) is 5.77. The number of aromatic hydroxyl groups is 1. The fraction of sp³-hybridized carbons (Fsp3) is 0.478. The molecule has 0 radical (unpaired) electrons. The third-order valence-corrected chi connectivity index (χ3v) is 7.42. The Morgan fingerprint density at radius 3 is 2.35 bits per heavy atom. The molecule has 1 amide bonds. The van der Waals surface area contributed by atoms with Crippen LogP contribution in [0.4, 0.5) is 8.78 Å². The number of amides is 1. The van der Waals surface area contributed by atoms with Gasteiger partial charge < -0.3 is 10.0 Å². The maximum Gasteiger partial charge on any atom is 0.277 e. The van der Waals surface area contributed by atoms with Gasteiger partial charge in [-0.1, -0.05) is 30.3 Å². The van der Waals surface area contributed by atoms with Crippen molar-refractivity contribution in [1.82, 2.24) is 9.58 Å². The van der Waals surface area contributed by atoms with Crippen LogP contribution in [0, 0.1) is 5.41 Å². The molecule has 2 aromatic rings. The molecule has 1 aromatic heterocycles. The first kappa shape index (κ1) is 20.0. The maximum absolute atomic E-state index is 14.1. The van der Waals surface area contributed by atoms with E-state index in [2.05, 4.69) is 0 Å². The lowest BCUT2D eigenvalue weighted by Gasteiger charge is -2.59. The minimum Gasteiger partial charge on any atom is -0.502 e. The van der Waals surface area contributed by atoms with Crippen molar-refractivity contribution in [3.63, 3.8) is 0 Å². The molecular formula is C23H25F2N3O3. The summed E-state index contributed by atoms with van der Waals surface area (Å²) >= 11 is 0. The second kappa shape index (κ2) is 6.80. The second-order valence-electron chi connectivity index (χ2n) is 9.07. The number of pyridine rings is 1. The van der Waals surface area contributed by atoms with E-state index >= 15 is 0 Å². The number of hydrogen-bond donors (Lipinski definition) is 1. The number of alkyl halides is 2. The van der Waals surface area contributed by atoms with Crippen molar-refractivity contribution < 1.29 is 18.7 Å². The largest absolute Gasteiger partial charge is 0.502 e. The van der Waals surface area contributed by atoms with Crippen LogP contribution in [-0.2, 0) is 0 Å². The minimum absolute atomic E-state index is 0.0784. The Morgan fingerprint density at radius 2 is 1.68 bits per heavy atom. The van der Waals surface area contributed by atoms with Gasteiger partial charge in [0.2, 0.25) is 11.4 Å². The number of rotatable bonds is 1. The standard InChI is InChI=1S/C23H25F2N3O3/c1-26-17-7-9-22(10-12-23(24,25)13-11-22)20(15-5-3-2-4-6-15)28(17)27-14-8-16(29)19(30)18(27)21(26)31/h2-6,8,14,17,20,30H,7,9-13H2,1H3. The summed E-state index contributed by atoms with van der Waals surface area (Å²) in [5, 5.41) is 12.5. The summed E-state index contributed by atoms with van der Waals surface area (Å²) in [6.07, 6.45) is 3.00. The van der Waals surface area contributed by atoms with Crippen LogP contribution < -0.4 is 10.4 Å². The first-order chi connectivity index (χ1) is 14.7. The smallest absolute Gasteiger partial charge is 0.277 e. The Labute approximate surface area is 178 Å². The van der Waals surface area contributed by atoms with Crippen molar-refractivity contribution in [2.75, 3.05) is 12.1 Å². The lowest BCUT2D eigenvalue weighted by atomic mass is 9.61. The molecule has 5 rings (SSSR count). The van der Waals surface area contributed by atoms with E-state index in [1.807, 2.05) is 35.3 Å². The van der Waals surface area contributed by atoms with Gasteiger partial charge >= 0.3 is 0 Å². The van der Waals surface area contributed by atoms with Crippen LogP contribution in [0.25, 0.3) is 0 Å². The number of carbonyl (C=O) groups is 1. The normalized spacial score (nSPS) is 26.5. The molecule has 8 heteroatoms. The number of fused-ring (bicyclic) bond motifs is 3. The van der Waals surface area contributed by atoms with Crippen LogP contribution >= 0.6 is 0 Å². The zero-order valence-electron chi connectivity index (χ0n) is 17.3. The Kier molecular flexibility index (Phi) is 4.39. The highest BCUT2D eigenvalue weighted by Gasteiger charge is 2.56. The highest BCUT2D eigenvalue weighted by Crippen LogP contribution is 2.58. The Morgan fingerprint density at radius 1 is 1.00 bits per heavy atom. The van der Waals surface area contributed by atoms with Gasteiger partial charge in [0, 0.05) is 32.2 Å². The van der Waals surface area contributed by atoms with Gasteiger partial charge in [0.1, 0.15) is 6.17 Å². The van der Waals surface area contributed by atoms with Gasteiger partial charge in [0.25, 0.3) is 5.91 Å². The van der Waals surface area contributed by atoms with E-state index in [0.717, 1.165) is 12.0 Å². The lowest BCUT2D eigenvalue weighted by molar-refractivity contribution is -0.0890. The molecule has 1 N–H and O–H groups in total. The van der Waals surface area contributed by atoms with Gasteiger partial charge in [0.15, 0.2) is 11.4 Å². The highest BCUT2D eigenvalue weighted by molar-refractivity contribution is 5.96. The third kappa shape index (κ3) is 2.95. The molecule has 3 aliphatic rings. The van der Waals surface area contributed by atoms with Gasteiger partial charge in [-0.15, -0.1) is 0 Å². The van der Waals surface area contributed by atoms with Gasteiger partial charge in [0.05, 0.1) is 6.04 Å². The molecule has 3 heterocycles. The van der Waals surface area contributed by atoms with Crippen LogP contribution in [0.5, 0.6) is 5.75 Å². The van der Waals surface area contributed by atoms with Crippen LogP contribution in [0.2, 0.25) is 0 Å². The maximum atomic E-state index is 14.1. The lowest BCUT2D eigenvalue weighted by Crippen LogP contribution is -2.66. The quantitative estimate of drug-likeness (QED) is 0.752. The van der Waals surface area contributed by atoms with Gasteiger partial charge in [-0.05, 0) is 36.7 Å². The SMILES string of the molecule is CN1C(=O)c2c(O)c(=O)ccn2N2C1CCC1(CCC(F)(F)CC1)C2c1ccccc1. The van der Waals surface area contributed by atoms with E-state index in [1.54, 1.807) is 16.6 Å². The first-order valence-corrected chi connectivity index (χ1v) is 10.7. The zero-order valence-corrected chi connectivity index (χ0v) is 17.3. The van der Waals surface area contributed by atoms with Crippen LogP contribution in [0.1, 0.15) is 60.6 Å². The molecule has 6 nitrogen and oxygen atoms in total. The van der Waals surface area contributed by atoms with E-state index in [0.29, 0.717) is 19.3 Å². The van der Waals surface area contributed by atoms with Crippen molar-refractivity contribution in [1.29, 1.82) is 0 Å². The van der Waals surface area contributed by atoms with Gasteiger partial charge in [-0.2, -0.15) is 0 Å². The minimum atomic E-state index is -2.65. The zero-order chi connectivity index (χ0) is 22.0. The number of halogens is 2. The van der Waals surface area contributed by atoms with Crippen molar-refractivity contribution in [2.24, 2.45) is 5.41 Å². The number of benzene rings is 1. The number of piperidine rings is 1. The molecule has 164 valence electrons. The van der Waals surface area contributed by atoms with Gasteiger partial charge in [-0.3, -0.25) is 19.3 Å². The molecule has 1 aromatic carbocycles. The van der Waals surface area contributed by atoms with Crippen molar-refractivity contribution in [2.45, 2.75) is 56.7 Å². The average Bonchev–Trinajstić information content (AvgIpc) is 2.76. The predicted octanol–water partition coefficient (Wildman–Crippen LogP) is 3.63. The first-order valence-electron chi connectivity index (χ1n) is 10.7.